The molecule has 0 radical (unpaired) electrons. The molecule has 0 amide bonds. The summed E-state index contributed by atoms with van der Waals surface area (Å²) in [6, 6.07) is 13.1. The maximum atomic E-state index is 10.5. The van der Waals surface area contributed by atoms with Crippen molar-refractivity contribution in [3.63, 3.8) is 0 Å². The van der Waals surface area contributed by atoms with Crippen molar-refractivity contribution in [3.8, 4) is 16.9 Å². The first kappa shape index (κ1) is 13.7. The fourth-order valence-corrected chi connectivity index (χ4v) is 3.03. The van der Waals surface area contributed by atoms with Crippen LogP contribution in [0.2, 0.25) is 0 Å². The van der Waals surface area contributed by atoms with Gasteiger partial charge >= 0.3 is 0 Å². The first-order chi connectivity index (χ1) is 11.2. The number of fused-ring (bicyclic) bond motifs is 3. The topological polar surface area (TPSA) is 70.7 Å². The number of hydrogen-bond donors (Lipinski definition) is 2. The molecule has 0 saturated heterocycles. The Morgan fingerprint density at radius 2 is 1.91 bits per heavy atom. The van der Waals surface area contributed by atoms with Crippen molar-refractivity contribution in [1.29, 1.82) is 0 Å². The Labute approximate surface area is 132 Å². The molecule has 0 bridgehead atoms. The molecule has 0 saturated carbocycles. The Bertz CT molecular complexity index is 1040. The second kappa shape index (κ2) is 5.07. The molecule has 4 aromatic rings. The minimum Gasteiger partial charge on any atom is -0.507 e. The van der Waals surface area contributed by atoms with E-state index < -0.39 is 0 Å². The zero-order valence-electron chi connectivity index (χ0n) is 12.6. The fraction of sp³-hybridized carbons (Fsp3) is 0.111. The highest BCUT2D eigenvalue weighted by Gasteiger charge is 2.13. The summed E-state index contributed by atoms with van der Waals surface area (Å²) < 4.78 is 1.90. The second-order valence-corrected chi connectivity index (χ2v) is 5.59. The van der Waals surface area contributed by atoms with E-state index in [0.29, 0.717) is 5.56 Å². The SMILES string of the molecule is Cc1cc2nncn2c2cc(-c3ccccc3CO)c(O)cc12. The van der Waals surface area contributed by atoms with Crippen LogP contribution in [0.15, 0.2) is 48.8 Å². The lowest BCUT2D eigenvalue weighted by Gasteiger charge is -2.13. The van der Waals surface area contributed by atoms with Gasteiger partial charge in [0, 0.05) is 10.9 Å². The van der Waals surface area contributed by atoms with Crippen LogP contribution < -0.4 is 0 Å². The molecule has 0 atom stereocenters. The third kappa shape index (κ3) is 2.05. The fourth-order valence-electron chi connectivity index (χ4n) is 3.03. The number of aromatic hydroxyl groups is 1. The number of phenols is 1. The number of aliphatic hydroxyl groups is 1. The molecule has 5 nitrogen and oxygen atoms in total. The number of nitrogens with zero attached hydrogens (tertiary/aromatic N) is 3. The molecule has 0 aliphatic rings. The Morgan fingerprint density at radius 1 is 1.09 bits per heavy atom. The van der Waals surface area contributed by atoms with Gasteiger partial charge in [0.05, 0.1) is 12.1 Å². The van der Waals surface area contributed by atoms with Gasteiger partial charge in [-0.25, -0.2) is 0 Å². The van der Waals surface area contributed by atoms with E-state index in [4.69, 9.17) is 0 Å². The smallest absolute Gasteiger partial charge is 0.161 e. The molecule has 2 aromatic heterocycles. The summed E-state index contributed by atoms with van der Waals surface area (Å²) >= 11 is 0. The van der Waals surface area contributed by atoms with Gasteiger partial charge in [-0.2, -0.15) is 0 Å². The molecular formula is C18H15N3O2. The highest BCUT2D eigenvalue weighted by Crippen LogP contribution is 2.36. The van der Waals surface area contributed by atoms with E-state index >= 15 is 0 Å². The van der Waals surface area contributed by atoms with E-state index in [1.165, 1.54) is 0 Å². The maximum Gasteiger partial charge on any atom is 0.161 e. The Kier molecular flexibility index (Phi) is 3.02. The van der Waals surface area contributed by atoms with E-state index in [0.717, 1.165) is 33.2 Å². The van der Waals surface area contributed by atoms with Crippen LogP contribution in [0.4, 0.5) is 0 Å². The number of benzene rings is 2. The van der Waals surface area contributed by atoms with E-state index in [2.05, 4.69) is 10.2 Å². The van der Waals surface area contributed by atoms with Crippen molar-refractivity contribution < 1.29 is 10.2 Å². The number of pyridine rings is 1. The average Bonchev–Trinajstić information content (AvgIpc) is 3.03. The molecule has 0 unspecified atom stereocenters. The molecule has 2 aromatic carbocycles. The largest absolute Gasteiger partial charge is 0.507 e. The van der Waals surface area contributed by atoms with Crippen molar-refractivity contribution in [2.75, 3.05) is 0 Å². The van der Waals surface area contributed by atoms with E-state index in [1.807, 2.05) is 47.7 Å². The van der Waals surface area contributed by atoms with Gasteiger partial charge in [-0.1, -0.05) is 24.3 Å². The molecule has 0 fully saturated rings. The molecule has 5 heteroatoms. The van der Waals surface area contributed by atoms with Crippen LogP contribution in [0, 0.1) is 6.92 Å². The number of rotatable bonds is 2. The van der Waals surface area contributed by atoms with E-state index in [1.54, 1.807) is 12.4 Å². The molecule has 114 valence electrons. The third-order valence-corrected chi connectivity index (χ3v) is 4.20. The van der Waals surface area contributed by atoms with Gasteiger partial charge in [0.15, 0.2) is 5.65 Å². The first-order valence-corrected chi connectivity index (χ1v) is 7.34. The lowest BCUT2D eigenvalue weighted by molar-refractivity contribution is 0.282. The first-order valence-electron chi connectivity index (χ1n) is 7.34. The molecule has 23 heavy (non-hydrogen) atoms. The standard InChI is InChI=1S/C18H15N3O2/c1-11-6-18-20-19-10-21(18)16-7-15(17(23)8-14(11)16)13-5-3-2-4-12(13)9-22/h2-8,10,22-23H,9H2,1H3. The number of aliphatic hydroxyl groups excluding tert-OH is 1. The zero-order chi connectivity index (χ0) is 16.0. The molecule has 2 heterocycles. The van der Waals surface area contributed by atoms with Crippen LogP contribution in [-0.4, -0.2) is 24.8 Å². The Hall–Kier alpha value is -2.92. The summed E-state index contributed by atoms with van der Waals surface area (Å²) in [5.41, 5.74) is 4.99. The number of aromatic nitrogens is 3. The minimum atomic E-state index is -0.0799. The monoisotopic (exact) mass is 305 g/mol. The zero-order valence-corrected chi connectivity index (χ0v) is 12.6. The van der Waals surface area contributed by atoms with Crippen molar-refractivity contribution in [2.24, 2.45) is 0 Å². The highest BCUT2D eigenvalue weighted by atomic mass is 16.3. The number of phenolic OH excluding ortho intramolecular Hbond substituents is 1. The summed E-state index contributed by atoms with van der Waals surface area (Å²) in [6.07, 6.45) is 1.66. The van der Waals surface area contributed by atoms with Crippen molar-refractivity contribution >= 4 is 16.6 Å². The highest BCUT2D eigenvalue weighted by molar-refractivity contribution is 5.92. The Morgan fingerprint density at radius 3 is 2.74 bits per heavy atom. The lowest BCUT2D eigenvalue weighted by atomic mass is 9.97. The predicted octanol–water partition coefficient (Wildman–Crippen LogP) is 3.06. The summed E-state index contributed by atoms with van der Waals surface area (Å²) in [5, 5.41) is 29.1. The van der Waals surface area contributed by atoms with Gasteiger partial charge < -0.3 is 10.2 Å². The van der Waals surface area contributed by atoms with Crippen LogP contribution in [0.1, 0.15) is 11.1 Å². The molecular weight excluding hydrogens is 290 g/mol. The third-order valence-electron chi connectivity index (χ3n) is 4.20. The number of aryl methyl sites for hydroxylation is 1. The van der Waals surface area contributed by atoms with Gasteiger partial charge in [-0.3, -0.25) is 4.40 Å². The molecule has 0 spiro atoms. The van der Waals surface area contributed by atoms with Crippen LogP contribution in [-0.2, 0) is 6.61 Å². The summed E-state index contributed by atoms with van der Waals surface area (Å²) in [6.45, 7) is 1.90. The summed E-state index contributed by atoms with van der Waals surface area (Å²) in [5.74, 6) is 0.189. The van der Waals surface area contributed by atoms with Gasteiger partial charge in [-0.15, -0.1) is 10.2 Å². The van der Waals surface area contributed by atoms with Crippen molar-refractivity contribution in [1.82, 2.24) is 14.6 Å². The van der Waals surface area contributed by atoms with Crippen LogP contribution in [0.25, 0.3) is 27.7 Å². The number of hydrogen-bond acceptors (Lipinski definition) is 4. The molecule has 0 aliphatic heterocycles. The normalized spacial score (nSPS) is 11.4. The maximum absolute atomic E-state index is 10.5. The van der Waals surface area contributed by atoms with Gasteiger partial charge in [0.25, 0.3) is 0 Å². The quantitative estimate of drug-likeness (QED) is 0.597. The summed E-state index contributed by atoms with van der Waals surface area (Å²) in [7, 11) is 0. The molecule has 0 aliphatic carbocycles. The molecule has 2 N–H and O–H groups in total. The van der Waals surface area contributed by atoms with Gasteiger partial charge in [0.2, 0.25) is 0 Å². The van der Waals surface area contributed by atoms with Crippen molar-refractivity contribution in [3.05, 3.63) is 59.9 Å². The predicted molar refractivity (Wildman–Crippen MR) is 88.3 cm³/mol. The van der Waals surface area contributed by atoms with E-state index in [9.17, 15) is 10.2 Å². The Balaban J connectivity index is 2.10. The lowest BCUT2D eigenvalue weighted by Crippen LogP contribution is -1.94. The van der Waals surface area contributed by atoms with Crippen molar-refractivity contribution in [2.45, 2.75) is 13.5 Å². The van der Waals surface area contributed by atoms with Crippen LogP contribution >= 0.6 is 0 Å². The van der Waals surface area contributed by atoms with Crippen LogP contribution in [0.3, 0.4) is 0 Å². The van der Waals surface area contributed by atoms with E-state index in [-0.39, 0.29) is 12.4 Å². The second-order valence-electron chi connectivity index (χ2n) is 5.59. The van der Waals surface area contributed by atoms with Gasteiger partial charge in [-0.05, 0) is 41.8 Å². The van der Waals surface area contributed by atoms with Gasteiger partial charge in [0.1, 0.15) is 12.1 Å². The summed E-state index contributed by atoms with van der Waals surface area (Å²) in [4.78, 5) is 0. The molecule has 4 rings (SSSR count). The minimum absolute atomic E-state index is 0.0799. The van der Waals surface area contributed by atoms with Crippen LogP contribution in [0.5, 0.6) is 5.75 Å². The average molecular weight is 305 g/mol.